The molecule has 1 saturated heterocycles. The van der Waals surface area contributed by atoms with Crippen LogP contribution in [0.4, 0.5) is 0 Å². The number of nitrogens with zero attached hydrogens (tertiary/aromatic N) is 3. The van der Waals surface area contributed by atoms with E-state index in [0.29, 0.717) is 18.2 Å². The van der Waals surface area contributed by atoms with Crippen LogP contribution in [0.1, 0.15) is 30.9 Å². The maximum atomic E-state index is 11.8. The summed E-state index contributed by atoms with van der Waals surface area (Å²) in [7, 11) is 1.92. The number of halogens is 1. The largest absolute Gasteiger partial charge is 0.342 e. The first-order valence-corrected chi connectivity index (χ1v) is 6.57. The summed E-state index contributed by atoms with van der Waals surface area (Å²) in [5.41, 5.74) is 1.09. The lowest BCUT2D eigenvalue weighted by Crippen LogP contribution is -2.39. The molecule has 0 bridgehead atoms. The van der Waals surface area contributed by atoms with Crippen molar-refractivity contribution in [2.45, 2.75) is 25.2 Å². The molecule has 1 aliphatic heterocycles. The maximum absolute atomic E-state index is 11.8. The third-order valence-electron chi connectivity index (χ3n) is 3.23. The van der Waals surface area contributed by atoms with Crippen LogP contribution >= 0.6 is 11.6 Å². The first-order valence-electron chi connectivity index (χ1n) is 6.04. The molecule has 0 saturated carbocycles. The molecule has 1 unspecified atom stereocenters. The molecule has 1 amide bonds. The molecule has 4 nitrogen and oxygen atoms in total. The summed E-state index contributed by atoms with van der Waals surface area (Å²) in [4.78, 5) is 13.7. The van der Waals surface area contributed by atoms with Crippen molar-refractivity contribution < 1.29 is 4.79 Å². The summed E-state index contributed by atoms with van der Waals surface area (Å²) in [5.74, 6) is 0.952. The monoisotopic (exact) mass is 255 g/mol. The number of likely N-dealkylation sites (tertiary alicyclic amines) is 1. The van der Waals surface area contributed by atoms with E-state index in [1.54, 1.807) is 0 Å². The summed E-state index contributed by atoms with van der Waals surface area (Å²) in [6.45, 7) is 1.64. The molecular formula is C12H18ClN3O. The standard InChI is InChI=1S/C12H18ClN3O/c1-15-8-5-11(14-15)10-3-2-7-16(9-10)12(17)4-6-13/h5,8,10H,2-4,6-7,9H2,1H3. The van der Waals surface area contributed by atoms with Gasteiger partial charge in [-0.3, -0.25) is 9.48 Å². The number of amides is 1. The van der Waals surface area contributed by atoms with E-state index in [0.717, 1.165) is 31.6 Å². The summed E-state index contributed by atoms with van der Waals surface area (Å²) in [6, 6.07) is 2.04. The fourth-order valence-corrected chi connectivity index (χ4v) is 2.50. The van der Waals surface area contributed by atoms with Crippen molar-refractivity contribution in [3.63, 3.8) is 0 Å². The van der Waals surface area contributed by atoms with Gasteiger partial charge in [-0.2, -0.15) is 5.10 Å². The molecule has 1 fully saturated rings. The van der Waals surface area contributed by atoms with Crippen LogP contribution in [-0.2, 0) is 11.8 Å². The zero-order chi connectivity index (χ0) is 12.3. The lowest BCUT2D eigenvalue weighted by atomic mass is 9.95. The number of alkyl halides is 1. The first kappa shape index (κ1) is 12.4. The second-order valence-electron chi connectivity index (χ2n) is 4.53. The fraction of sp³-hybridized carbons (Fsp3) is 0.667. The number of carbonyl (C=O) groups is 1. The SMILES string of the molecule is Cn1ccc(C2CCCN(C(=O)CCCl)C2)n1. The van der Waals surface area contributed by atoms with Gasteiger partial charge in [0.05, 0.1) is 5.69 Å². The number of hydrogen-bond acceptors (Lipinski definition) is 2. The molecule has 1 aromatic rings. The summed E-state index contributed by atoms with van der Waals surface area (Å²) in [6.07, 6.45) is 4.56. The molecule has 0 N–H and O–H groups in total. The van der Waals surface area contributed by atoms with Crippen LogP contribution in [0.25, 0.3) is 0 Å². The Morgan fingerprint density at radius 1 is 1.65 bits per heavy atom. The molecular weight excluding hydrogens is 238 g/mol. The molecule has 0 radical (unpaired) electrons. The van der Waals surface area contributed by atoms with Gasteiger partial charge in [0.1, 0.15) is 0 Å². The quantitative estimate of drug-likeness (QED) is 0.772. The van der Waals surface area contributed by atoms with Crippen LogP contribution < -0.4 is 0 Å². The van der Waals surface area contributed by atoms with E-state index < -0.39 is 0 Å². The van der Waals surface area contributed by atoms with Gasteiger partial charge in [-0.1, -0.05) is 0 Å². The Bertz CT molecular complexity index is 391. The van der Waals surface area contributed by atoms with Crippen molar-refractivity contribution in [3.8, 4) is 0 Å². The molecule has 1 atom stereocenters. The van der Waals surface area contributed by atoms with Crippen molar-refractivity contribution in [1.82, 2.24) is 14.7 Å². The van der Waals surface area contributed by atoms with Gasteiger partial charge in [-0.25, -0.2) is 0 Å². The van der Waals surface area contributed by atoms with Crippen molar-refractivity contribution in [3.05, 3.63) is 18.0 Å². The Morgan fingerprint density at radius 3 is 3.12 bits per heavy atom. The molecule has 1 aromatic heterocycles. The Labute approximate surface area is 107 Å². The van der Waals surface area contributed by atoms with Crippen LogP contribution in [0.3, 0.4) is 0 Å². The normalized spacial score (nSPS) is 20.6. The van der Waals surface area contributed by atoms with E-state index >= 15 is 0 Å². The summed E-state index contributed by atoms with van der Waals surface area (Å²) in [5, 5.41) is 4.43. The molecule has 2 rings (SSSR count). The van der Waals surface area contributed by atoms with E-state index in [4.69, 9.17) is 11.6 Å². The first-order chi connectivity index (χ1) is 8.20. The van der Waals surface area contributed by atoms with Crippen LogP contribution in [0.2, 0.25) is 0 Å². The number of aryl methyl sites for hydroxylation is 1. The van der Waals surface area contributed by atoms with Crippen molar-refractivity contribution >= 4 is 17.5 Å². The number of carbonyl (C=O) groups excluding carboxylic acids is 1. The van der Waals surface area contributed by atoms with Gasteiger partial charge >= 0.3 is 0 Å². The van der Waals surface area contributed by atoms with Crippen molar-refractivity contribution in [2.24, 2.45) is 7.05 Å². The van der Waals surface area contributed by atoms with E-state index in [9.17, 15) is 4.79 Å². The Hall–Kier alpha value is -1.03. The van der Waals surface area contributed by atoms with E-state index in [2.05, 4.69) is 5.10 Å². The van der Waals surface area contributed by atoms with Crippen LogP contribution in [0, 0.1) is 0 Å². The molecule has 0 aromatic carbocycles. The zero-order valence-corrected chi connectivity index (χ0v) is 10.9. The average molecular weight is 256 g/mol. The van der Waals surface area contributed by atoms with Gasteiger partial charge in [0.15, 0.2) is 0 Å². The van der Waals surface area contributed by atoms with Crippen LogP contribution in [0.15, 0.2) is 12.3 Å². The highest BCUT2D eigenvalue weighted by Crippen LogP contribution is 2.25. The second kappa shape index (κ2) is 5.54. The molecule has 1 aliphatic rings. The van der Waals surface area contributed by atoms with Crippen LogP contribution in [0.5, 0.6) is 0 Å². The van der Waals surface area contributed by atoms with Gasteiger partial charge in [0.25, 0.3) is 0 Å². The third kappa shape index (κ3) is 3.00. The van der Waals surface area contributed by atoms with E-state index in [-0.39, 0.29) is 5.91 Å². The third-order valence-corrected chi connectivity index (χ3v) is 3.42. The fourth-order valence-electron chi connectivity index (χ4n) is 2.33. The molecule has 0 spiro atoms. The Kier molecular flexibility index (Phi) is 4.05. The van der Waals surface area contributed by atoms with Gasteiger partial charge in [-0.05, 0) is 18.9 Å². The molecule has 94 valence electrons. The predicted molar refractivity (Wildman–Crippen MR) is 67.1 cm³/mol. The lowest BCUT2D eigenvalue weighted by Gasteiger charge is -2.32. The Balaban J connectivity index is 1.99. The van der Waals surface area contributed by atoms with Gasteiger partial charge in [0.2, 0.25) is 5.91 Å². The number of hydrogen-bond donors (Lipinski definition) is 0. The van der Waals surface area contributed by atoms with Crippen LogP contribution in [-0.4, -0.2) is 39.6 Å². The molecule has 5 heteroatoms. The van der Waals surface area contributed by atoms with Crippen molar-refractivity contribution in [1.29, 1.82) is 0 Å². The predicted octanol–water partition coefficient (Wildman–Crippen LogP) is 1.75. The van der Waals surface area contributed by atoms with Crippen molar-refractivity contribution in [2.75, 3.05) is 19.0 Å². The van der Waals surface area contributed by atoms with E-state index in [1.165, 1.54) is 0 Å². The minimum atomic E-state index is 0.167. The molecule has 17 heavy (non-hydrogen) atoms. The van der Waals surface area contributed by atoms with E-state index in [1.807, 2.05) is 28.9 Å². The average Bonchev–Trinajstić information content (AvgIpc) is 2.76. The second-order valence-corrected chi connectivity index (χ2v) is 4.91. The number of rotatable bonds is 3. The lowest BCUT2D eigenvalue weighted by molar-refractivity contribution is -0.131. The summed E-state index contributed by atoms with van der Waals surface area (Å²) >= 11 is 5.61. The maximum Gasteiger partial charge on any atom is 0.223 e. The highest BCUT2D eigenvalue weighted by atomic mass is 35.5. The van der Waals surface area contributed by atoms with Gasteiger partial charge in [-0.15, -0.1) is 11.6 Å². The summed E-state index contributed by atoms with van der Waals surface area (Å²) < 4.78 is 1.81. The Morgan fingerprint density at radius 2 is 2.47 bits per heavy atom. The van der Waals surface area contributed by atoms with Gasteiger partial charge in [0, 0.05) is 44.6 Å². The smallest absolute Gasteiger partial charge is 0.223 e. The highest BCUT2D eigenvalue weighted by molar-refractivity contribution is 6.18. The van der Waals surface area contributed by atoms with Gasteiger partial charge < -0.3 is 4.90 Å². The number of aromatic nitrogens is 2. The minimum absolute atomic E-state index is 0.167. The molecule has 2 heterocycles. The topological polar surface area (TPSA) is 38.1 Å². The highest BCUT2D eigenvalue weighted by Gasteiger charge is 2.25. The minimum Gasteiger partial charge on any atom is -0.342 e. The zero-order valence-electron chi connectivity index (χ0n) is 10.1. The number of piperidine rings is 1. The molecule has 0 aliphatic carbocycles.